The van der Waals surface area contributed by atoms with Crippen LogP contribution in [0, 0.1) is 0 Å². The first kappa shape index (κ1) is 14.8. The van der Waals surface area contributed by atoms with E-state index < -0.39 is 6.04 Å². The highest BCUT2D eigenvalue weighted by molar-refractivity contribution is 7.10. The summed E-state index contributed by atoms with van der Waals surface area (Å²) in [6.45, 7) is 2.03. The number of nitrogens with zero attached hydrogens (tertiary/aromatic N) is 1. The molecule has 0 fully saturated rings. The number of nitrogens with two attached hydrogens (primary N) is 1. The Morgan fingerprint density at radius 2 is 1.95 bits per heavy atom. The van der Waals surface area contributed by atoms with Gasteiger partial charge >= 0.3 is 0 Å². The molecule has 2 aromatic rings. The average Bonchev–Trinajstić information content (AvgIpc) is 3.00. The van der Waals surface area contributed by atoms with Gasteiger partial charge in [0.2, 0.25) is 5.91 Å². The number of carbonyl (C=O) groups excluding carboxylic acids is 1. The zero-order valence-corrected chi connectivity index (χ0v) is 12.6. The summed E-state index contributed by atoms with van der Waals surface area (Å²) in [6, 6.07) is 13.5. The highest BCUT2D eigenvalue weighted by Crippen LogP contribution is 2.23. The molecule has 0 radical (unpaired) electrons. The van der Waals surface area contributed by atoms with Crippen LogP contribution in [0.2, 0.25) is 0 Å². The van der Waals surface area contributed by atoms with E-state index in [9.17, 15) is 4.79 Å². The Kier molecular flexibility index (Phi) is 4.93. The summed E-state index contributed by atoms with van der Waals surface area (Å²) in [4.78, 5) is 15.3. The van der Waals surface area contributed by atoms with E-state index in [1.807, 2.05) is 61.8 Å². The lowest BCUT2D eigenvalue weighted by molar-refractivity contribution is -0.133. The maximum atomic E-state index is 12.4. The van der Waals surface area contributed by atoms with Gasteiger partial charge in [0, 0.05) is 11.9 Å². The van der Waals surface area contributed by atoms with Gasteiger partial charge in [0.05, 0.1) is 12.1 Å². The average molecular weight is 288 g/mol. The quantitative estimate of drug-likeness (QED) is 0.919. The van der Waals surface area contributed by atoms with Crippen LogP contribution in [0.3, 0.4) is 0 Å². The number of likely N-dealkylation sites (N-methyl/N-ethyl adjacent to an activating group) is 1. The molecule has 0 saturated heterocycles. The van der Waals surface area contributed by atoms with Crippen molar-refractivity contribution in [1.29, 1.82) is 0 Å². The number of hydrogen-bond donors (Lipinski definition) is 1. The first-order valence-electron chi connectivity index (χ1n) is 6.69. The molecule has 3 nitrogen and oxygen atoms in total. The summed E-state index contributed by atoms with van der Waals surface area (Å²) in [5, 5.41) is 2.02. The summed E-state index contributed by atoms with van der Waals surface area (Å²) in [7, 11) is 1.82. The molecule has 1 heterocycles. The van der Waals surface area contributed by atoms with Crippen molar-refractivity contribution in [1.82, 2.24) is 4.90 Å². The number of carbonyl (C=O) groups is 1. The molecule has 20 heavy (non-hydrogen) atoms. The Labute approximate surface area is 124 Å². The van der Waals surface area contributed by atoms with Crippen LogP contribution in [0.5, 0.6) is 0 Å². The Balaban J connectivity index is 1.99. The smallest absolute Gasteiger partial charge is 0.240 e. The second-order valence-electron chi connectivity index (χ2n) is 4.94. The number of hydrogen-bond acceptors (Lipinski definition) is 3. The number of rotatable bonds is 5. The maximum Gasteiger partial charge on any atom is 0.240 e. The summed E-state index contributed by atoms with van der Waals surface area (Å²) in [5.41, 5.74) is 7.14. The minimum absolute atomic E-state index is 0.0187. The van der Waals surface area contributed by atoms with Gasteiger partial charge in [-0.15, -0.1) is 11.3 Å². The van der Waals surface area contributed by atoms with Crippen molar-refractivity contribution in [3.8, 4) is 0 Å². The zero-order valence-electron chi connectivity index (χ0n) is 11.8. The topological polar surface area (TPSA) is 46.3 Å². The van der Waals surface area contributed by atoms with E-state index in [0.717, 1.165) is 5.56 Å². The minimum Gasteiger partial charge on any atom is -0.337 e. The van der Waals surface area contributed by atoms with Crippen molar-refractivity contribution < 1.29 is 4.79 Å². The van der Waals surface area contributed by atoms with Gasteiger partial charge in [-0.25, -0.2) is 0 Å². The van der Waals surface area contributed by atoms with Crippen LogP contribution in [-0.2, 0) is 11.2 Å². The Morgan fingerprint density at radius 3 is 2.55 bits per heavy atom. The second-order valence-corrected chi connectivity index (χ2v) is 5.92. The van der Waals surface area contributed by atoms with Gasteiger partial charge in [0.15, 0.2) is 0 Å². The van der Waals surface area contributed by atoms with Crippen molar-refractivity contribution in [2.75, 3.05) is 7.05 Å². The van der Waals surface area contributed by atoms with Gasteiger partial charge in [0.1, 0.15) is 0 Å². The molecule has 2 N–H and O–H groups in total. The molecule has 1 aromatic carbocycles. The van der Waals surface area contributed by atoms with Crippen molar-refractivity contribution >= 4 is 17.2 Å². The number of benzene rings is 1. The van der Waals surface area contributed by atoms with Crippen molar-refractivity contribution in [2.45, 2.75) is 25.4 Å². The molecule has 2 unspecified atom stereocenters. The van der Waals surface area contributed by atoms with Crippen LogP contribution < -0.4 is 5.73 Å². The van der Waals surface area contributed by atoms with Crippen LogP contribution >= 0.6 is 11.3 Å². The van der Waals surface area contributed by atoms with Crippen molar-refractivity contribution in [2.24, 2.45) is 5.73 Å². The van der Waals surface area contributed by atoms with Gasteiger partial charge in [0.25, 0.3) is 0 Å². The molecule has 0 bridgehead atoms. The molecule has 2 rings (SSSR count). The molecule has 0 aliphatic rings. The molecular weight excluding hydrogens is 268 g/mol. The van der Waals surface area contributed by atoms with E-state index in [2.05, 4.69) is 0 Å². The van der Waals surface area contributed by atoms with Crippen molar-refractivity contribution in [3.63, 3.8) is 0 Å². The van der Waals surface area contributed by atoms with Gasteiger partial charge in [-0.05, 0) is 30.4 Å². The highest BCUT2D eigenvalue weighted by atomic mass is 32.1. The third kappa shape index (κ3) is 3.46. The first-order valence-corrected chi connectivity index (χ1v) is 7.57. The SMILES string of the molecule is CC(c1cccs1)N(C)C(=O)C(N)Cc1ccccc1. The van der Waals surface area contributed by atoms with E-state index in [-0.39, 0.29) is 11.9 Å². The van der Waals surface area contributed by atoms with Crippen LogP contribution in [0.1, 0.15) is 23.4 Å². The van der Waals surface area contributed by atoms with Gasteiger partial charge in [-0.2, -0.15) is 0 Å². The van der Waals surface area contributed by atoms with Crippen molar-refractivity contribution in [3.05, 3.63) is 58.3 Å². The highest BCUT2D eigenvalue weighted by Gasteiger charge is 2.23. The molecule has 1 aromatic heterocycles. The van der Waals surface area contributed by atoms with E-state index in [1.165, 1.54) is 4.88 Å². The third-order valence-corrected chi connectivity index (χ3v) is 4.54. The maximum absolute atomic E-state index is 12.4. The number of thiophene rings is 1. The van der Waals surface area contributed by atoms with Crippen LogP contribution in [-0.4, -0.2) is 23.9 Å². The van der Waals surface area contributed by atoms with E-state index in [0.29, 0.717) is 6.42 Å². The molecule has 0 aliphatic heterocycles. The van der Waals surface area contributed by atoms with Crippen LogP contribution in [0.25, 0.3) is 0 Å². The predicted molar refractivity (Wildman–Crippen MR) is 83.6 cm³/mol. The lowest BCUT2D eigenvalue weighted by Crippen LogP contribution is -2.43. The standard InChI is InChI=1S/C16H20N2OS/c1-12(15-9-6-10-20-15)18(2)16(19)14(17)11-13-7-4-3-5-8-13/h3-10,12,14H,11,17H2,1-2H3. The van der Waals surface area contributed by atoms with Gasteiger partial charge in [-0.3, -0.25) is 4.79 Å². The molecule has 4 heteroatoms. The van der Waals surface area contributed by atoms with E-state index in [1.54, 1.807) is 16.2 Å². The predicted octanol–water partition coefficient (Wildman–Crippen LogP) is 2.84. The Bertz CT molecular complexity index is 539. The molecule has 1 amide bonds. The fraction of sp³-hybridized carbons (Fsp3) is 0.312. The third-order valence-electron chi connectivity index (χ3n) is 3.50. The lowest BCUT2D eigenvalue weighted by Gasteiger charge is -2.27. The summed E-state index contributed by atoms with van der Waals surface area (Å²) in [6.07, 6.45) is 0.571. The Hall–Kier alpha value is -1.65. The summed E-state index contributed by atoms with van der Waals surface area (Å²) in [5.74, 6) is -0.0187. The Morgan fingerprint density at radius 1 is 1.25 bits per heavy atom. The molecule has 0 aliphatic carbocycles. The monoisotopic (exact) mass is 288 g/mol. The molecule has 106 valence electrons. The van der Waals surface area contributed by atoms with E-state index in [4.69, 9.17) is 5.73 Å². The zero-order chi connectivity index (χ0) is 14.5. The molecular formula is C16H20N2OS. The largest absolute Gasteiger partial charge is 0.337 e. The van der Waals surface area contributed by atoms with Crippen LogP contribution in [0.15, 0.2) is 47.8 Å². The summed E-state index contributed by atoms with van der Waals surface area (Å²) < 4.78 is 0. The summed E-state index contributed by atoms with van der Waals surface area (Å²) >= 11 is 1.66. The van der Waals surface area contributed by atoms with E-state index >= 15 is 0 Å². The molecule has 0 saturated carbocycles. The first-order chi connectivity index (χ1) is 9.59. The molecule has 2 atom stereocenters. The second kappa shape index (κ2) is 6.68. The van der Waals surface area contributed by atoms with Gasteiger partial charge in [-0.1, -0.05) is 36.4 Å². The molecule has 0 spiro atoms. The van der Waals surface area contributed by atoms with Gasteiger partial charge < -0.3 is 10.6 Å². The lowest BCUT2D eigenvalue weighted by atomic mass is 10.1. The fourth-order valence-electron chi connectivity index (χ4n) is 2.13. The normalized spacial score (nSPS) is 13.8. The fourth-order valence-corrected chi connectivity index (χ4v) is 2.95. The van der Waals surface area contributed by atoms with Crippen LogP contribution in [0.4, 0.5) is 0 Å². The minimum atomic E-state index is -0.496. The number of amides is 1.